The van der Waals surface area contributed by atoms with Gasteiger partial charge in [0.15, 0.2) is 0 Å². The average molecular weight is 282 g/mol. The number of hydrogen-bond donors (Lipinski definition) is 1. The van der Waals surface area contributed by atoms with Crippen LogP contribution in [0.15, 0.2) is 47.8 Å². The van der Waals surface area contributed by atoms with Crippen molar-refractivity contribution < 1.29 is 4.39 Å². The molecule has 0 radical (unpaired) electrons. The van der Waals surface area contributed by atoms with E-state index in [0.29, 0.717) is 6.54 Å². The zero-order valence-electron chi connectivity index (χ0n) is 10.6. The summed E-state index contributed by atoms with van der Waals surface area (Å²) in [4.78, 5) is 0. The number of fused-ring (bicyclic) bond motifs is 1. The van der Waals surface area contributed by atoms with Crippen molar-refractivity contribution in [2.24, 2.45) is 0 Å². The van der Waals surface area contributed by atoms with Gasteiger partial charge in [-0.25, -0.2) is 4.39 Å². The Morgan fingerprint density at radius 2 is 2.05 bits per heavy atom. The molecule has 0 amide bonds. The number of anilines is 1. The minimum Gasteiger partial charge on any atom is -0.381 e. The molecule has 0 saturated carbocycles. The van der Waals surface area contributed by atoms with Crippen LogP contribution >= 0.6 is 11.3 Å². The van der Waals surface area contributed by atoms with Crippen molar-refractivity contribution in [3.63, 3.8) is 0 Å². The van der Waals surface area contributed by atoms with Crippen molar-refractivity contribution in [1.82, 2.24) is 0 Å². The van der Waals surface area contributed by atoms with Crippen LogP contribution in [0.2, 0.25) is 0 Å². The van der Waals surface area contributed by atoms with Gasteiger partial charge in [-0.2, -0.15) is 5.26 Å². The Hall–Kier alpha value is -2.38. The van der Waals surface area contributed by atoms with Crippen LogP contribution in [0, 0.1) is 17.1 Å². The highest BCUT2D eigenvalue weighted by atomic mass is 32.1. The average Bonchev–Trinajstić information content (AvgIpc) is 2.90. The van der Waals surface area contributed by atoms with Crippen LogP contribution < -0.4 is 5.32 Å². The van der Waals surface area contributed by atoms with Gasteiger partial charge in [-0.1, -0.05) is 18.2 Å². The lowest BCUT2D eigenvalue weighted by molar-refractivity contribution is 0.624. The van der Waals surface area contributed by atoms with E-state index in [4.69, 9.17) is 5.26 Å². The quantitative estimate of drug-likeness (QED) is 0.766. The number of nitrogens with one attached hydrogen (secondary N) is 1. The van der Waals surface area contributed by atoms with Crippen LogP contribution in [-0.2, 0) is 6.54 Å². The van der Waals surface area contributed by atoms with Gasteiger partial charge in [-0.3, -0.25) is 0 Å². The van der Waals surface area contributed by atoms with Crippen LogP contribution in [-0.4, -0.2) is 0 Å². The molecule has 3 rings (SSSR count). The minimum absolute atomic E-state index is 0.0603. The Kier molecular flexibility index (Phi) is 3.36. The predicted molar refractivity (Wildman–Crippen MR) is 80.3 cm³/mol. The SMILES string of the molecule is N#Cc1cc(NCc2csc3ccccc23)ccc1F. The third kappa shape index (κ3) is 2.36. The van der Waals surface area contributed by atoms with E-state index in [2.05, 4.69) is 22.8 Å². The smallest absolute Gasteiger partial charge is 0.141 e. The van der Waals surface area contributed by atoms with E-state index < -0.39 is 5.82 Å². The summed E-state index contributed by atoms with van der Waals surface area (Å²) in [7, 11) is 0. The van der Waals surface area contributed by atoms with Crippen molar-refractivity contribution in [3.05, 3.63) is 64.8 Å². The third-order valence-electron chi connectivity index (χ3n) is 3.13. The van der Waals surface area contributed by atoms with E-state index in [0.717, 1.165) is 5.69 Å². The molecule has 0 fully saturated rings. The van der Waals surface area contributed by atoms with Crippen molar-refractivity contribution >= 4 is 27.1 Å². The molecule has 98 valence electrons. The maximum absolute atomic E-state index is 13.2. The lowest BCUT2D eigenvalue weighted by Crippen LogP contribution is -1.99. The van der Waals surface area contributed by atoms with Crippen molar-refractivity contribution in [2.75, 3.05) is 5.32 Å². The summed E-state index contributed by atoms with van der Waals surface area (Å²) >= 11 is 1.71. The monoisotopic (exact) mass is 282 g/mol. The topological polar surface area (TPSA) is 35.8 Å². The molecular weight excluding hydrogens is 271 g/mol. The molecular formula is C16H11FN2S. The number of benzene rings is 2. The molecule has 0 atom stereocenters. The summed E-state index contributed by atoms with van der Waals surface area (Å²) in [5.74, 6) is -0.487. The number of hydrogen-bond acceptors (Lipinski definition) is 3. The molecule has 0 spiro atoms. The van der Waals surface area contributed by atoms with E-state index in [1.165, 1.54) is 27.8 Å². The highest BCUT2D eigenvalue weighted by molar-refractivity contribution is 7.17. The molecule has 2 nitrogen and oxygen atoms in total. The van der Waals surface area contributed by atoms with E-state index in [1.807, 2.05) is 18.2 Å². The summed E-state index contributed by atoms with van der Waals surface area (Å²) in [5, 5.41) is 15.4. The molecule has 1 N–H and O–H groups in total. The van der Waals surface area contributed by atoms with Gasteiger partial charge in [-0.15, -0.1) is 11.3 Å². The van der Waals surface area contributed by atoms with E-state index in [1.54, 1.807) is 17.4 Å². The lowest BCUT2D eigenvalue weighted by Gasteiger charge is -2.06. The Morgan fingerprint density at radius 1 is 1.20 bits per heavy atom. The fraction of sp³-hybridized carbons (Fsp3) is 0.0625. The molecule has 2 aromatic carbocycles. The van der Waals surface area contributed by atoms with Gasteiger partial charge >= 0.3 is 0 Å². The Labute approximate surface area is 120 Å². The Balaban J connectivity index is 1.81. The molecule has 0 aliphatic heterocycles. The minimum atomic E-state index is -0.487. The van der Waals surface area contributed by atoms with E-state index >= 15 is 0 Å². The summed E-state index contributed by atoms with van der Waals surface area (Å²) in [6.45, 7) is 0.653. The van der Waals surface area contributed by atoms with Crippen LogP contribution in [0.1, 0.15) is 11.1 Å². The molecule has 20 heavy (non-hydrogen) atoms. The first kappa shape index (κ1) is 12.6. The van der Waals surface area contributed by atoms with Crippen LogP contribution in [0.4, 0.5) is 10.1 Å². The zero-order chi connectivity index (χ0) is 13.9. The molecule has 4 heteroatoms. The maximum Gasteiger partial charge on any atom is 0.141 e. The summed E-state index contributed by atoms with van der Waals surface area (Å²) in [6, 6.07) is 14.6. The molecule has 1 heterocycles. The first-order valence-corrected chi connectivity index (χ1v) is 7.04. The molecule has 0 aliphatic carbocycles. The zero-order valence-corrected chi connectivity index (χ0v) is 11.4. The van der Waals surface area contributed by atoms with Crippen LogP contribution in [0.25, 0.3) is 10.1 Å². The van der Waals surface area contributed by atoms with E-state index in [-0.39, 0.29) is 5.56 Å². The summed E-state index contributed by atoms with van der Waals surface area (Å²) < 4.78 is 14.5. The molecule has 3 aromatic rings. The Morgan fingerprint density at radius 3 is 2.90 bits per heavy atom. The Bertz CT molecular complexity index is 802. The highest BCUT2D eigenvalue weighted by Gasteiger charge is 2.05. The first-order valence-electron chi connectivity index (χ1n) is 6.16. The van der Waals surface area contributed by atoms with Gasteiger partial charge in [0.2, 0.25) is 0 Å². The normalized spacial score (nSPS) is 10.4. The van der Waals surface area contributed by atoms with Gasteiger partial charge in [0.1, 0.15) is 11.9 Å². The number of halogens is 1. The van der Waals surface area contributed by atoms with Gasteiger partial charge in [0, 0.05) is 16.9 Å². The van der Waals surface area contributed by atoms with E-state index in [9.17, 15) is 4.39 Å². The second-order valence-corrected chi connectivity index (χ2v) is 5.33. The predicted octanol–water partition coefficient (Wildman–Crippen LogP) is 4.52. The summed E-state index contributed by atoms with van der Waals surface area (Å²) in [6.07, 6.45) is 0. The lowest BCUT2D eigenvalue weighted by atomic mass is 10.1. The number of rotatable bonds is 3. The second kappa shape index (κ2) is 5.32. The number of nitrogens with zero attached hydrogens (tertiary/aromatic N) is 1. The van der Waals surface area contributed by atoms with Gasteiger partial charge in [-0.05, 0) is 40.6 Å². The van der Waals surface area contributed by atoms with Crippen molar-refractivity contribution in [3.8, 4) is 6.07 Å². The molecule has 0 aliphatic rings. The number of nitriles is 1. The maximum atomic E-state index is 13.2. The van der Waals surface area contributed by atoms with Gasteiger partial charge in [0.25, 0.3) is 0 Å². The van der Waals surface area contributed by atoms with Gasteiger partial charge in [0.05, 0.1) is 5.56 Å². The standard InChI is InChI=1S/C16H11FN2S/c17-15-6-5-13(7-11(15)8-18)19-9-12-10-20-16-4-2-1-3-14(12)16/h1-7,10,19H,9H2. The highest BCUT2D eigenvalue weighted by Crippen LogP contribution is 2.26. The second-order valence-electron chi connectivity index (χ2n) is 4.42. The van der Waals surface area contributed by atoms with Gasteiger partial charge < -0.3 is 5.32 Å². The number of thiophene rings is 1. The van der Waals surface area contributed by atoms with Crippen LogP contribution in [0.5, 0.6) is 0 Å². The summed E-state index contributed by atoms with van der Waals surface area (Å²) in [5.41, 5.74) is 2.01. The first-order chi connectivity index (χ1) is 9.78. The molecule has 0 bridgehead atoms. The van der Waals surface area contributed by atoms with Crippen molar-refractivity contribution in [2.45, 2.75) is 6.54 Å². The fourth-order valence-corrected chi connectivity index (χ4v) is 3.05. The molecule has 0 saturated heterocycles. The molecule has 1 aromatic heterocycles. The van der Waals surface area contributed by atoms with Crippen LogP contribution in [0.3, 0.4) is 0 Å². The fourth-order valence-electron chi connectivity index (χ4n) is 2.09. The largest absolute Gasteiger partial charge is 0.381 e. The third-order valence-corrected chi connectivity index (χ3v) is 4.14. The molecule has 0 unspecified atom stereocenters. The van der Waals surface area contributed by atoms with Crippen molar-refractivity contribution in [1.29, 1.82) is 5.26 Å².